The summed E-state index contributed by atoms with van der Waals surface area (Å²) in [5.41, 5.74) is 0.554. The Morgan fingerprint density at radius 1 is 1.11 bits per heavy atom. The minimum Gasteiger partial charge on any atom is -0.457 e. The van der Waals surface area contributed by atoms with Gasteiger partial charge in [0.25, 0.3) is 5.91 Å². The summed E-state index contributed by atoms with van der Waals surface area (Å²) in [5, 5.41) is 13.4. The van der Waals surface area contributed by atoms with E-state index in [1.54, 1.807) is 24.3 Å². The Balaban J connectivity index is 2.09. The molecule has 0 saturated heterocycles. The van der Waals surface area contributed by atoms with Gasteiger partial charge in [0.15, 0.2) is 0 Å². The van der Waals surface area contributed by atoms with Gasteiger partial charge in [-0.2, -0.15) is 0 Å². The molecule has 0 spiro atoms. The third kappa shape index (κ3) is 3.85. The highest BCUT2D eigenvalue weighted by Crippen LogP contribution is 2.23. The molecule has 96 valence electrons. The molecule has 2 N–H and O–H groups in total. The third-order valence-corrected chi connectivity index (χ3v) is 2.26. The Hall–Kier alpha value is -2.82. The van der Waals surface area contributed by atoms with Crippen molar-refractivity contribution in [2.45, 2.75) is 0 Å². The van der Waals surface area contributed by atoms with Crippen molar-refractivity contribution in [1.82, 2.24) is 0 Å². The molecule has 0 aliphatic heterocycles. The number of nitrogens with one attached hydrogen (secondary N) is 1. The van der Waals surface area contributed by atoms with Gasteiger partial charge in [-0.1, -0.05) is 29.4 Å². The third-order valence-electron chi connectivity index (χ3n) is 2.26. The van der Waals surface area contributed by atoms with Crippen molar-refractivity contribution in [3.63, 3.8) is 0 Å². The standard InChI is InChI=1S/C14H12N2O3/c17-14(10-15-18)16-11-5-4-8-13(9-11)19-12-6-2-1-3-7-12/h1-10,18H,(H,16,17). The van der Waals surface area contributed by atoms with Crippen LogP contribution in [0.2, 0.25) is 0 Å². The lowest BCUT2D eigenvalue weighted by Crippen LogP contribution is -2.12. The second-order valence-corrected chi connectivity index (χ2v) is 3.68. The number of ether oxygens (including phenoxy) is 1. The average molecular weight is 256 g/mol. The summed E-state index contributed by atoms with van der Waals surface area (Å²) in [6.07, 6.45) is 0.782. The molecule has 2 aromatic carbocycles. The van der Waals surface area contributed by atoms with Crippen LogP contribution in [0.3, 0.4) is 0 Å². The number of anilines is 1. The van der Waals surface area contributed by atoms with Gasteiger partial charge in [0, 0.05) is 11.8 Å². The summed E-state index contributed by atoms with van der Waals surface area (Å²) in [6.45, 7) is 0. The van der Waals surface area contributed by atoms with E-state index in [0.717, 1.165) is 6.21 Å². The summed E-state index contributed by atoms with van der Waals surface area (Å²) in [6, 6.07) is 16.2. The highest BCUT2D eigenvalue weighted by atomic mass is 16.5. The van der Waals surface area contributed by atoms with Crippen LogP contribution in [0.25, 0.3) is 0 Å². The number of hydrogen-bond donors (Lipinski definition) is 2. The molecular formula is C14H12N2O3. The number of oxime groups is 1. The van der Waals surface area contributed by atoms with Gasteiger partial charge in [0.05, 0.1) is 0 Å². The van der Waals surface area contributed by atoms with E-state index in [0.29, 0.717) is 17.2 Å². The van der Waals surface area contributed by atoms with Crippen molar-refractivity contribution in [3.05, 3.63) is 54.6 Å². The molecule has 0 unspecified atom stereocenters. The lowest BCUT2D eigenvalue weighted by Gasteiger charge is -2.07. The average Bonchev–Trinajstić information content (AvgIpc) is 2.40. The highest BCUT2D eigenvalue weighted by Gasteiger charge is 2.01. The zero-order valence-corrected chi connectivity index (χ0v) is 9.98. The summed E-state index contributed by atoms with van der Waals surface area (Å²) in [7, 11) is 0. The fourth-order valence-electron chi connectivity index (χ4n) is 1.49. The molecule has 0 aliphatic rings. The van der Waals surface area contributed by atoms with Gasteiger partial charge in [-0.25, -0.2) is 0 Å². The van der Waals surface area contributed by atoms with E-state index in [-0.39, 0.29) is 0 Å². The van der Waals surface area contributed by atoms with Gasteiger partial charge >= 0.3 is 0 Å². The molecule has 2 aromatic rings. The molecule has 0 aromatic heterocycles. The monoisotopic (exact) mass is 256 g/mol. The highest BCUT2D eigenvalue weighted by molar-refractivity contribution is 6.31. The predicted molar refractivity (Wildman–Crippen MR) is 71.9 cm³/mol. The number of hydrogen-bond acceptors (Lipinski definition) is 4. The summed E-state index contributed by atoms with van der Waals surface area (Å²) >= 11 is 0. The molecule has 5 heteroatoms. The lowest BCUT2D eigenvalue weighted by molar-refractivity contribution is -0.110. The smallest absolute Gasteiger partial charge is 0.270 e. The van der Waals surface area contributed by atoms with E-state index in [2.05, 4.69) is 10.5 Å². The second kappa shape index (κ2) is 6.20. The van der Waals surface area contributed by atoms with Gasteiger partial charge in [-0.15, -0.1) is 0 Å². The van der Waals surface area contributed by atoms with Crippen molar-refractivity contribution in [3.8, 4) is 11.5 Å². The molecular weight excluding hydrogens is 244 g/mol. The maximum Gasteiger partial charge on any atom is 0.270 e. The Bertz CT molecular complexity index is 582. The normalized spacial score (nSPS) is 10.3. The van der Waals surface area contributed by atoms with Gasteiger partial charge < -0.3 is 15.3 Å². The van der Waals surface area contributed by atoms with Crippen LogP contribution >= 0.6 is 0 Å². The van der Waals surface area contributed by atoms with Gasteiger partial charge in [0.2, 0.25) is 0 Å². The van der Waals surface area contributed by atoms with Crippen molar-refractivity contribution < 1.29 is 14.7 Å². The number of para-hydroxylation sites is 1. The fourth-order valence-corrected chi connectivity index (χ4v) is 1.49. The van der Waals surface area contributed by atoms with Crippen molar-refractivity contribution in [2.24, 2.45) is 5.16 Å². The number of carbonyl (C=O) groups is 1. The minimum absolute atomic E-state index is 0.514. The lowest BCUT2D eigenvalue weighted by atomic mass is 10.3. The zero-order valence-electron chi connectivity index (χ0n) is 9.98. The molecule has 0 saturated carbocycles. The maximum atomic E-state index is 11.2. The van der Waals surface area contributed by atoms with E-state index >= 15 is 0 Å². The molecule has 5 nitrogen and oxygen atoms in total. The Labute approximate surface area is 110 Å². The largest absolute Gasteiger partial charge is 0.457 e. The topological polar surface area (TPSA) is 70.9 Å². The molecule has 19 heavy (non-hydrogen) atoms. The van der Waals surface area contributed by atoms with E-state index in [1.165, 1.54) is 0 Å². The molecule has 0 heterocycles. The Kier molecular flexibility index (Phi) is 4.12. The predicted octanol–water partition coefficient (Wildman–Crippen LogP) is 2.88. The number of nitrogens with zero attached hydrogens (tertiary/aromatic N) is 1. The zero-order chi connectivity index (χ0) is 13.5. The summed E-state index contributed by atoms with van der Waals surface area (Å²) in [5.74, 6) is 0.798. The van der Waals surface area contributed by atoms with Crippen LogP contribution in [-0.2, 0) is 4.79 Å². The van der Waals surface area contributed by atoms with Crippen LogP contribution in [0.5, 0.6) is 11.5 Å². The summed E-state index contributed by atoms with van der Waals surface area (Å²) in [4.78, 5) is 11.2. The first kappa shape index (κ1) is 12.6. The molecule has 0 atom stereocenters. The molecule has 2 rings (SSSR count). The van der Waals surface area contributed by atoms with Crippen LogP contribution in [0.1, 0.15) is 0 Å². The quantitative estimate of drug-likeness (QED) is 0.502. The van der Waals surface area contributed by atoms with E-state index in [9.17, 15) is 4.79 Å². The number of benzene rings is 2. The maximum absolute atomic E-state index is 11.2. The molecule has 0 aliphatic carbocycles. The van der Waals surface area contributed by atoms with Crippen molar-refractivity contribution in [1.29, 1.82) is 0 Å². The van der Waals surface area contributed by atoms with Crippen LogP contribution in [0, 0.1) is 0 Å². The number of amides is 1. The van der Waals surface area contributed by atoms with Gasteiger partial charge in [-0.05, 0) is 24.3 Å². The van der Waals surface area contributed by atoms with Crippen molar-refractivity contribution in [2.75, 3.05) is 5.32 Å². The van der Waals surface area contributed by atoms with E-state index < -0.39 is 5.91 Å². The van der Waals surface area contributed by atoms with Crippen LogP contribution < -0.4 is 10.1 Å². The number of rotatable bonds is 4. The first-order valence-electron chi connectivity index (χ1n) is 5.59. The van der Waals surface area contributed by atoms with E-state index in [1.807, 2.05) is 30.3 Å². The minimum atomic E-state index is -0.514. The molecule has 1 amide bonds. The van der Waals surface area contributed by atoms with Gasteiger partial charge in [-0.3, -0.25) is 4.79 Å². The molecule has 0 radical (unpaired) electrons. The SMILES string of the molecule is O=C(C=NO)Nc1cccc(Oc2ccccc2)c1. The second-order valence-electron chi connectivity index (χ2n) is 3.68. The molecule has 0 fully saturated rings. The Morgan fingerprint density at radius 2 is 1.84 bits per heavy atom. The first-order valence-corrected chi connectivity index (χ1v) is 5.59. The van der Waals surface area contributed by atoms with E-state index in [4.69, 9.17) is 9.94 Å². The first-order chi connectivity index (χ1) is 9.28. The summed E-state index contributed by atoms with van der Waals surface area (Å²) < 4.78 is 5.63. The van der Waals surface area contributed by atoms with Crippen molar-refractivity contribution >= 4 is 17.8 Å². The molecule has 0 bridgehead atoms. The van der Waals surface area contributed by atoms with Crippen LogP contribution in [0.4, 0.5) is 5.69 Å². The fraction of sp³-hybridized carbons (Fsp3) is 0. The number of carbonyl (C=O) groups excluding carboxylic acids is 1. The van der Waals surface area contributed by atoms with Crippen LogP contribution in [0.15, 0.2) is 59.8 Å². The Morgan fingerprint density at radius 3 is 2.58 bits per heavy atom. The van der Waals surface area contributed by atoms with Gasteiger partial charge in [0.1, 0.15) is 17.7 Å². The van der Waals surface area contributed by atoms with Crippen LogP contribution in [-0.4, -0.2) is 17.3 Å².